The van der Waals surface area contributed by atoms with Crippen LogP contribution in [0.1, 0.15) is 16.1 Å². The molecule has 1 aromatic heterocycles. The number of nitro groups is 1. The zero-order valence-corrected chi connectivity index (χ0v) is 16.3. The summed E-state index contributed by atoms with van der Waals surface area (Å²) in [5.74, 6) is -0.204. The van der Waals surface area contributed by atoms with Gasteiger partial charge in [0, 0.05) is 22.2 Å². The molecule has 1 heterocycles. The van der Waals surface area contributed by atoms with Crippen LogP contribution in [0.3, 0.4) is 0 Å². The summed E-state index contributed by atoms with van der Waals surface area (Å²) in [7, 11) is 0. The average molecular weight is 465 g/mol. The maximum Gasteiger partial charge on any atom is 0.337 e. The maximum atomic E-state index is 11.1. The molecule has 0 fully saturated rings. The molecule has 3 aromatic rings. The van der Waals surface area contributed by atoms with Gasteiger partial charge in [-0.2, -0.15) is 5.10 Å². The molecule has 2 aromatic carbocycles. The van der Waals surface area contributed by atoms with Crippen molar-refractivity contribution in [3.8, 4) is 11.3 Å². The lowest BCUT2D eigenvalue weighted by molar-refractivity contribution is -0.384. The molecular formula is C18H11BrClN3O5. The second-order valence-electron chi connectivity index (χ2n) is 5.49. The Labute approximate surface area is 171 Å². The molecule has 3 rings (SSSR count). The Balaban J connectivity index is 1.74. The van der Waals surface area contributed by atoms with E-state index in [0.29, 0.717) is 27.2 Å². The Morgan fingerprint density at radius 2 is 2.04 bits per heavy atom. The van der Waals surface area contributed by atoms with Gasteiger partial charge < -0.3 is 9.52 Å². The summed E-state index contributed by atoms with van der Waals surface area (Å²) in [4.78, 5) is 21.4. The number of hydrogen-bond donors (Lipinski definition) is 2. The van der Waals surface area contributed by atoms with Crippen molar-refractivity contribution >= 4 is 51.1 Å². The predicted molar refractivity (Wildman–Crippen MR) is 108 cm³/mol. The van der Waals surface area contributed by atoms with E-state index < -0.39 is 10.9 Å². The molecular weight excluding hydrogens is 454 g/mol. The van der Waals surface area contributed by atoms with Crippen molar-refractivity contribution < 1.29 is 19.2 Å². The number of hydrazone groups is 1. The minimum atomic E-state index is -1.14. The third-order valence-electron chi connectivity index (χ3n) is 3.64. The first-order valence-corrected chi connectivity index (χ1v) is 8.88. The minimum absolute atomic E-state index is 0.0307. The molecule has 0 saturated heterocycles. The summed E-state index contributed by atoms with van der Waals surface area (Å²) >= 11 is 9.12. The number of aromatic carboxylic acids is 1. The van der Waals surface area contributed by atoms with Gasteiger partial charge in [0.15, 0.2) is 0 Å². The van der Waals surface area contributed by atoms with Crippen LogP contribution in [0.25, 0.3) is 11.3 Å². The molecule has 10 heteroatoms. The molecule has 0 saturated carbocycles. The van der Waals surface area contributed by atoms with E-state index in [1.165, 1.54) is 30.5 Å². The van der Waals surface area contributed by atoms with E-state index in [1.807, 2.05) is 0 Å². The summed E-state index contributed by atoms with van der Waals surface area (Å²) < 4.78 is 6.19. The Kier molecular flexibility index (Phi) is 5.76. The second-order valence-corrected chi connectivity index (χ2v) is 6.75. The summed E-state index contributed by atoms with van der Waals surface area (Å²) in [6, 6.07) is 12.2. The number of anilines is 1. The first-order valence-electron chi connectivity index (χ1n) is 7.71. The van der Waals surface area contributed by atoms with Gasteiger partial charge >= 0.3 is 5.97 Å². The van der Waals surface area contributed by atoms with Gasteiger partial charge in [0.2, 0.25) is 0 Å². The van der Waals surface area contributed by atoms with Crippen molar-refractivity contribution in [2.75, 3.05) is 5.43 Å². The zero-order chi connectivity index (χ0) is 20.3. The molecule has 0 radical (unpaired) electrons. The highest BCUT2D eigenvalue weighted by Crippen LogP contribution is 2.32. The third-order valence-corrected chi connectivity index (χ3v) is 4.62. The number of rotatable bonds is 6. The molecule has 0 bridgehead atoms. The number of carbonyl (C=O) groups is 1. The van der Waals surface area contributed by atoms with Crippen LogP contribution in [0.15, 0.2) is 62.5 Å². The molecule has 0 amide bonds. The van der Waals surface area contributed by atoms with Crippen LogP contribution in [0.2, 0.25) is 5.02 Å². The fourth-order valence-corrected chi connectivity index (χ4v) is 3.07. The normalized spacial score (nSPS) is 10.9. The number of nitro benzene ring substituents is 1. The Hall–Kier alpha value is -3.17. The van der Waals surface area contributed by atoms with E-state index in [4.69, 9.17) is 21.1 Å². The number of furan rings is 1. The van der Waals surface area contributed by atoms with Crippen LogP contribution in [0.4, 0.5) is 11.4 Å². The van der Waals surface area contributed by atoms with Crippen LogP contribution in [-0.4, -0.2) is 22.2 Å². The van der Waals surface area contributed by atoms with Gasteiger partial charge in [-0.3, -0.25) is 15.5 Å². The van der Waals surface area contributed by atoms with Crippen LogP contribution in [0.5, 0.6) is 0 Å². The highest BCUT2D eigenvalue weighted by Gasteiger charge is 2.13. The van der Waals surface area contributed by atoms with Gasteiger partial charge in [-0.25, -0.2) is 4.79 Å². The fraction of sp³-hybridized carbons (Fsp3) is 0. The van der Waals surface area contributed by atoms with E-state index in [-0.39, 0.29) is 16.3 Å². The largest absolute Gasteiger partial charge is 0.478 e. The highest BCUT2D eigenvalue weighted by molar-refractivity contribution is 9.10. The number of hydrogen-bond acceptors (Lipinski definition) is 6. The quantitative estimate of drug-likeness (QED) is 0.286. The first kappa shape index (κ1) is 19.6. The van der Waals surface area contributed by atoms with Gasteiger partial charge in [-0.1, -0.05) is 11.6 Å². The highest BCUT2D eigenvalue weighted by atomic mass is 79.9. The summed E-state index contributed by atoms with van der Waals surface area (Å²) in [5.41, 5.74) is 3.73. The predicted octanol–water partition coefficient (Wildman–Crippen LogP) is 5.41. The molecule has 0 unspecified atom stereocenters. The summed E-state index contributed by atoms with van der Waals surface area (Å²) in [6.45, 7) is 0. The number of nitrogens with zero attached hydrogens (tertiary/aromatic N) is 2. The number of non-ortho nitro benzene ring substituents is 1. The minimum Gasteiger partial charge on any atom is -0.478 e. The van der Waals surface area contributed by atoms with Gasteiger partial charge in [-0.15, -0.1) is 0 Å². The molecule has 0 spiro atoms. The molecule has 2 N–H and O–H groups in total. The number of benzene rings is 2. The monoisotopic (exact) mass is 463 g/mol. The van der Waals surface area contributed by atoms with E-state index >= 15 is 0 Å². The average Bonchev–Trinajstić information content (AvgIpc) is 3.11. The third kappa shape index (κ3) is 4.38. The van der Waals surface area contributed by atoms with E-state index in [9.17, 15) is 14.9 Å². The van der Waals surface area contributed by atoms with Crippen molar-refractivity contribution in [3.63, 3.8) is 0 Å². The zero-order valence-electron chi connectivity index (χ0n) is 13.9. The topological polar surface area (TPSA) is 118 Å². The van der Waals surface area contributed by atoms with Crippen LogP contribution in [0, 0.1) is 10.1 Å². The lowest BCUT2D eigenvalue weighted by atomic mass is 10.1. The van der Waals surface area contributed by atoms with Crippen LogP contribution >= 0.6 is 27.5 Å². The number of carboxylic acids is 1. The van der Waals surface area contributed by atoms with Gasteiger partial charge in [0.25, 0.3) is 5.69 Å². The number of nitrogens with one attached hydrogen (secondary N) is 1. The molecule has 142 valence electrons. The SMILES string of the molecule is O=C(O)c1cc(NN=Cc2ccc(-c3ccc([N+](=O)[O-])cc3Br)o2)ccc1Cl. The molecule has 8 nitrogen and oxygen atoms in total. The van der Waals surface area contributed by atoms with Crippen LogP contribution < -0.4 is 5.43 Å². The standard InChI is InChI=1S/C18H11BrClN3O5/c19-15-8-11(23(26)27)2-4-13(15)17-6-3-12(28-17)9-21-22-10-1-5-16(20)14(7-10)18(24)25/h1-9,22H,(H,24,25). The van der Waals surface area contributed by atoms with Crippen LogP contribution in [-0.2, 0) is 0 Å². The summed E-state index contributed by atoms with van der Waals surface area (Å²) in [6.07, 6.45) is 1.41. The van der Waals surface area contributed by atoms with Gasteiger partial charge in [-0.05, 0) is 52.3 Å². The lowest BCUT2D eigenvalue weighted by Crippen LogP contribution is -1.99. The lowest BCUT2D eigenvalue weighted by Gasteiger charge is -2.03. The first-order chi connectivity index (χ1) is 13.3. The maximum absolute atomic E-state index is 11.1. The Bertz CT molecular complexity index is 1100. The molecule has 0 aliphatic heterocycles. The van der Waals surface area contributed by atoms with Gasteiger partial charge in [0.1, 0.15) is 11.5 Å². The molecule has 0 atom stereocenters. The summed E-state index contributed by atoms with van der Waals surface area (Å²) in [5, 5.41) is 24.0. The van der Waals surface area contributed by atoms with Crippen molar-refractivity contribution in [3.05, 3.63) is 79.5 Å². The van der Waals surface area contributed by atoms with Gasteiger partial charge in [0.05, 0.1) is 27.4 Å². The number of carboxylic acid groups (broad SMARTS) is 1. The van der Waals surface area contributed by atoms with Crippen molar-refractivity contribution in [2.24, 2.45) is 5.10 Å². The number of halogens is 2. The van der Waals surface area contributed by atoms with Crippen molar-refractivity contribution in [1.82, 2.24) is 0 Å². The molecule has 0 aliphatic carbocycles. The van der Waals surface area contributed by atoms with Crippen molar-refractivity contribution in [1.29, 1.82) is 0 Å². The molecule has 28 heavy (non-hydrogen) atoms. The van der Waals surface area contributed by atoms with E-state index in [2.05, 4.69) is 26.5 Å². The fourth-order valence-electron chi connectivity index (χ4n) is 2.31. The van der Waals surface area contributed by atoms with Crippen molar-refractivity contribution in [2.45, 2.75) is 0 Å². The smallest absolute Gasteiger partial charge is 0.337 e. The molecule has 0 aliphatic rings. The second kappa shape index (κ2) is 8.24. The Morgan fingerprint density at radius 3 is 2.71 bits per heavy atom. The van der Waals surface area contributed by atoms with E-state index in [0.717, 1.165) is 0 Å². The van der Waals surface area contributed by atoms with E-state index in [1.54, 1.807) is 24.3 Å². The Morgan fingerprint density at radius 1 is 1.25 bits per heavy atom.